The van der Waals surface area contributed by atoms with Gasteiger partial charge in [-0.15, -0.1) is 0 Å². The van der Waals surface area contributed by atoms with Crippen molar-refractivity contribution in [2.75, 3.05) is 11.1 Å². The summed E-state index contributed by atoms with van der Waals surface area (Å²) < 4.78 is 1.41. The molecule has 0 aliphatic carbocycles. The fourth-order valence-corrected chi connectivity index (χ4v) is 3.26. The van der Waals surface area contributed by atoms with Crippen LogP contribution in [-0.2, 0) is 0 Å². The number of aromatic nitrogens is 6. The van der Waals surface area contributed by atoms with Gasteiger partial charge < -0.3 is 11.1 Å². The van der Waals surface area contributed by atoms with E-state index in [9.17, 15) is 4.79 Å². The number of hydrogen-bond donors (Lipinski definition) is 3. The number of aromatic amines is 1. The zero-order valence-electron chi connectivity index (χ0n) is 14.5. The van der Waals surface area contributed by atoms with Crippen LogP contribution >= 0.6 is 23.2 Å². The Morgan fingerprint density at radius 1 is 1.25 bits per heavy atom. The zero-order valence-corrected chi connectivity index (χ0v) is 16.0. The molecule has 0 aliphatic rings. The molecule has 9 nitrogen and oxygen atoms in total. The Bertz CT molecular complexity index is 1220. The maximum atomic E-state index is 13.2. The highest BCUT2D eigenvalue weighted by Crippen LogP contribution is 2.28. The number of anilines is 2. The van der Waals surface area contributed by atoms with E-state index in [4.69, 9.17) is 28.9 Å². The van der Waals surface area contributed by atoms with Crippen LogP contribution in [0.25, 0.3) is 16.7 Å². The molecule has 28 heavy (non-hydrogen) atoms. The fraction of sp³-hybridized carbons (Fsp3) is 0.118. The lowest BCUT2D eigenvalue weighted by molar-refractivity contribution is 0.719. The van der Waals surface area contributed by atoms with Crippen LogP contribution in [0.15, 0.2) is 41.6 Å². The van der Waals surface area contributed by atoms with E-state index < -0.39 is 6.04 Å². The van der Waals surface area contributed by atoms with Gasteiger partial charge in [0.15, 0.2) is 5.82 Å². The van der Waals surface area contributed by atoms with Crippen LogP contribution in [-0.4, -0.2) is 29.7 Å². The molecular formula is C17H14Cl2N8O. The second kappa shape index (κ2) is 7.10. The van der Waals surface area contributed by atoms with E-state index in [1.54, 1.807) is 30.5 Å². The molecule has 11 heteroatoms. The molecule has 3 aromatic heterocycles. The molecule has 0 radical (unpaired) electrons. The van der Waals surface area contributed by atoms with Gasteiger partial charge in [-0.25, -0.2) is 19.5 Å². The van der Waals surface area contributed by atoms with E-state index in [-0.39, 0.29) is 16.4 Å². The molecule has 4 aromatic rings. The Morgan fingerprint density at radius 3 is 2.82 bits per heavy atom. The van der Waals surface area contributed by atoms with Crippen molar-refractivity contribution in [3.8, 4) is 5.82 Å². The van der Waals surface area contributed by atoms with Crippen molar-refractivity contribution in [1.29, 1.82) is 0 Å². The summed E-state index contributed by atoms with van der Waals surface area (Å²) in [7, 11) is 0. The Balaban J connectivity index is 1.91. The summed E-state index contributed by atoms with van der Waals surface area (Å²) in [6, 6.07) is 6.31. The number of nitrogens with one attached hydrogen (secondary N) is 2. The second-order valence-electron chi connectivity index (χ2n) is 5.97. The van der Waals surface area contributed by atoms with Gasteiger partial charge in [0, 0.05) is 6.07 Å². The number of fused-ring (bicyclic) bond motifs is 1. The lowest BCUT2D eigenvalue weighted by Gasteiger charge is -2.19. The predicted molar refractivity (Wildman–Crippen MR) is 108 cm³/mol. The van der Waals surface area contributed by atoms with Crippen LogP contribution in [0.5, 0.6) is 0 Å². The van der Waals surface area contributed by atoms with Crippen molar-refractivity contribution in [3.05, 3.63) is 63.0 Å². The van der Waals surface area contributed by atoms with E-state index in [2.05, 4.69) is 30.5 Å². The molecule has 0 saturated carbocycles. The molecule has 142 valence electrons. The van der Waals surface area contributed by atoms with Gasteiger partial charge in [-0.05, 0) is 19.1 Å². The predicted octanol–water partition coefficient (Wildman–Crippen LogP) is 2.96. The number of nitrogens with two attached hydrogens (primary N) is 1. The van der Waals surface area contributed by atoms with Crippen LogP contribution in [0.3, 0.4) is 0 Å². The third kappa shape index (κ3) is 3.04. The second-order valence-corrected chi connectivity index (χ2v) is 6.76. The van der Waals surface area contributed by atoms with E-state index >= 15 is 0 Å². The van der Waals surface area contributed by atoms with E-state index in [1.807, 2.05) is 6.92 Å². The van der Waals surface area contributed by atoms with Gasteiger partial charge in [0.1, 0.15) is 28.8 Å². The Kier molecular flexibility index (Phi) is 4.62. The molecule has 0 spiro atoms. The first kappa shape index (κ1) is 18.2. The highest BCUT2D eigenvalue weighted by atomic mass is 35.5. The first-order chi connectivity index (χ1) is 13.5. The summed E-state index contributed by atoms with van der Waals surface area (Å²) in [5.41, 5.74) is 5.89. The van der Waals surface area contributed by atoms with Crippen molar-refractivity contribution in [2.45, 2.75) is 13.0 Å². The Morgan fingerprint density at radius 2 is 2.07 bits per heavy atom. The normalized spacial score (nSPS) is 12.2. The minimum absolute atomic E-state index is 0.149. The number of H-pyrrole nitrogens is 1. The Hall–Kier alpha value is -3.17. The van der Waals surface area contributed by atoms with Crippen LogP contribution < -0.4 is 16.6 Å². The summed E-state index contributed by atoms with van der Waals surface area (Å²) in [6.45, 7) is 1.82. The van der Waals surface area contributed by atoms with Gasteiger partial charge in [-0.2, -0.15) is 5.10 Å². The standard InChI is InChI=1S/C17H14Cl2N8O/c1-8(24-15-13(19)14(20)21-7-22-15)16-25-10-4-2-3-9(18)12(10)17(28)27(16)11-5-6-23-26-11/h2-8H,1H3,(H,23,26)(H3,20,21,22,24)/t8-/m0/s1. The van der Waals surface area contributed by atoms with Crippen molar-refractivity contribution >= 4 is 45.7 Å². The number of halogens is 2. The van der Waals surface area contributed by atoms with Gasteiger partial charge in [0.2, 0.25) is 0 Å². The molecule has 1 atom stereocenters. The molecule has 0 unspecified atom stereocenters. The zero-order chi connectivity index (χ0) is 19.8. The fourth-order valence-electron chi connectivity index (χ4n) is 2.86. The third-order valence-corrected chi connectivity index (χ3v) is 4.84. The van der Waals surface area contributed by atoms with Crippen LogP contribution in [0, 0.1) is 0 Å². The average Bonchev–Trinajstić information content (AvgIpc) is 3.19. The molecule has 1 aromatic carbocycles. The third-order valence-electron chi connectivity index (χ3n) is 4.16. The minimum Gasteiger partial charge on any atom is -0.382 e. The minimum atomic E-state index is -0.466. The number of rotatable bonds is 4. The summed E-state index contributed by atoms with van der Waals surface area (Å²) in [6.07, 6.45) is 2.84. The first-order valence-electron chi connectivity index (χ1n) is 8.20. The number of hydrogen-bond acceptors (Lipinski definition) is 7. The summed E-state index contributed by atoms with van der Waals surface area (Å²) in [4.78, 5) is 25.8. The van der Waals surface area contributed by atoms with Gasteiger partial charge in [-0.3, -0.25) is 9.89 Å². The van der Waals surface area contributed by atoms with Crippen molar-refractivity contribution in [2.24, 2.45) is 0 Å². The number of nitrogen functional groups attached to an aromatic ring is 1. The molecule has 0 bridgehead atoms. The SMILES string of the molecule is C[C@H](Nc1ncnc(N)c1Cl)c1nc2cccc(Cl)c2c(=O)n1-c1ccn[nH]1. The number of nitrogens with zero attached hydrogens (tertiary/aromatic N) is 5. The summed E-state index contributed by atoms with van der Waals surface area (Å²) in [5.74, 6) is 1.35. The van der Waals surface area contributed by atoms with Gasteiger partial charge in [0.25, 0.3) is 5.56 Å². The number of benzene rings is 1. The smallest absolute Gasteiger partial charge is 0.268 e. The Labute approximate surface area is 168 Å². The molecule has 0 saturated heterocycles. The summed E-state index contributed by atoms with van der Waals surface area (Å²) in [5, 5.41) is 10.7. The quantitative estimate of drug-likeness (QED) is 0.466. The topological polar surface area (TPSA) is 127 Å². The summed E-state index contributed by atoms with van der Waals surface area (Å²) >= 11 is 12.4. The molecule has 4 rings (SSSR count). The van der Waals surface area contributed by atoms with Crippen molar-refractivity contribution in [3.63, 3.8) is 0 Å². The highest BCUT2D eigenvalue weighted by Gasteiger charge is 2.21. The first-order valence-corrected chi connectivity index (χ1v) is 8.96. The largest absolute Gasteiger partial charge is 0.382 e. The lowest BCUT2D eigenvalue weighted by Crippen LogP contribution is -2.28. The lowest BCUT2D eigenvalue weighted by atomic mass is 10.2. The maximum absolute atomic E-state index is 13.2. The van der Waals surface area contributed by atoms with E-state index in [1.165, 1.54) is 10.9 Å². The molecule has 0 fully saturated rings. The molecule has 4 N–H and O–H groups in total. The van der Waals surface area contributed by atoms with Crippen LogP contribution in [0.1, 0.15) is 18.8 Å². The monoisotopic (exact) mass is 416 g/mol. The van der Waals surface area contributed by atoms with Crippen LogP contribution in [0.2, 0.25) is 10.0 Å². The van der Waals surface area contributed by atoms with Gasteiger partial charge in [-0.1, -0.05) is 29.3 Å². The molecule has 3 heterocycles. The van der Waals surface area contributed by atoms with Gasteiger partial charge in [0.05, 0.1) is 28.2 Å². The molecule has 0 aliphatic heterocycles. The average molecular weight is 417 g/mol. The highest BCUT2D eigenvalue weighted by molar-refractivity contribution is 6.35. The molecule has 0 amide bonds. The van der Waals surface area contributed by atoms with Gasteiger partial charge >= 0.3 is 0 Å². The van der Waals surface area contributed by atoms with Crippen molar-refractivity contribution in [1.82, 2.24) is 29.7 Å². The van der Waals surface area contributed by atoms with Crippen LogP contribution in [0.4, 0.5) is 11.6 Å². The molecular weight excluding hydrogens is 403 g/mol. The van der Waals surface area contributed by atoms with Crippen molar-refractivity contribution < 1.29 is 0 Å². The maximum Gasteiger partial charge on any atom is 0.268 e. The van der Waals surface area contributed by atoms with E-state index in [0.29, 0.717) is 33.4 Å². The van der Waals surface area contributed by atoms with E-state index in [0.717, 1.165) is 0 Å².